The van der Waals surface area contributed by atoms with Gasteiger partial charge in [-0.2, -0.15) is 10.2 Å². The number of ether oxygens (including phenoxy) is 1. The summed E-state index contributed by atoms with van der Waals surface area (Å²) in [5, 5.41) is 18.7. The quantitative estimate of drug-likeness (QED) is 0.206. The number of nitrogens with zero attached hydrogens (tertiary/aromatic N) is 5. The number of unbranched alkanes of at least 4 members (excludes halogenated alkanes) is 1. The van der Waals surface area contributed by atoms with Crippen molar-refractivity contribution in [3.05, 3.63) is 100 Å². The number of fused-ring (bicyclic) bond motifs is 1. The van der Waals surface area contributed by atoms with Gasteiger partial charge >= 0.3 is 6.36 Å². The minimum absolute atomic E-state index is 0.0185. The number of nitrogens with one attached hydrogen (secondary N) is 1. The fourth-order valence-electron chi connectivity index (χ4n) is 4.41. The molecule has 5 rings (SSSR count). The fraction of sp³-hybridized carbons (Fsp3) is 0.250. The molecule has 0 saturated carbocycles. The first-order chi connectivity index (χ1) is 19.6. The number of aromatic nitrogens is 5. The molecule has 0 aliphatic heterocycles. The second-order valence-corrected chi connectivity index (χ2v) is 9.37. The molecule has 13 heteroatoms. The molecule has 1 aliphatic carbocycles. The van der Waals surface area contributed by atoms with Crippen LogP contribution in [0.25, 0.3) is 11.6 Å². The van der Waals surface area contributed by atoms with Gasteiger partial charge in [0, 0.05) is 36.2 Å². The molecular weight excluding hydrogens is 547 g/mol. The van der Waals surface area contributed by atoms with E-state index >= 15 is 0 Å². The van der Waals surface area contributed by atoms with Crippen LogP contribution in [0.5, 0.6) is 5.75 Å². The van der Waals surface area contributed by atoms with Crippen LogP contribution < -0.4 is 10.1 Å². The first-order valence-corrected chi connectivity index (χ1v) is 12.7. The molecule has 0 bridgehead atoms. The van der Waals surface area contributed by atoms with E-state index in [9.17, 15) is 26.7 Å². The van der Waals surface area contributed by atoms with Crippen molar-refractivity contribution < 1.29 is 31.5 Å². The molecule has 212 valence electrons. The molecule has 1 amide bonds. The van der Waals surface area contributed by atoms with Crippen LogP contribution in [-0.4, -0.2) is 37.5 Å². The van der Waals surface area contributed by atoms with E-state index in [0.717, 1.165) is 47.1 Å². The molecule has 2 heterocycles. The predicted octanol–water partition coefficient (Wildman–Crippen LogP) is 5.29. The van der Waals surface area contributed by atoms with E-state index in [2.05, 4.69) is 30.6 Å². The number of carbonyl (C=O) groups is 1. The van der Waals surface area contributed by atoms with Crippen LogP contribution in [0.4, 0.5) is 22.0 Å². The normalized spacial score (nSPS) is 12.7. The molecule has 1 aliphatic rings. The lowest BCUT2D eigenvalue weighted by molar-refractivity contribution is -0.274. The van der Waals surface area contributed by atoms with Crippen molar-refractivity contribution in [2.45, 2.75) is 45.1 Å². The molecule has 2 aromatic carbocycles. The lowest BCUT2D eigenvalue weighted by atomic mass is 10.0. The van der Waals surface area contributed by atoms with Crippen LogP contribution >= 0.6 is 0 Å². The van der Waals surface area contributed by atoms with E-state index in [4.69, 9.17) is 0 Å². The maximum Gasteiger partial charge on any atom is 0.573 e. The highest BCUT2D eigenvalue weighted by Gasteiger charge is 2.31. The van der Waals surface area contributed by atoms with Gasteiger partial charge < -0.3 is 10.1 Å². The summed E-state index contributed by atoms with van der Waals surface area (Å²) in [5.74, 6) is -2.32. The lowest BCUT2D eigenvalue weighted by Crippen LogP contribution is -2.24. The van der Waals surface area contributed by atoms with Crippen molar-refractivity contribution in [3.63, 3.8) is 0 Å². The van der Waals surface area contributed by atoms with E-state index in [-0.39, 0.29) is 23.6 Å². The average Bonchev–Trinajstić information content (AvgIpc) is 3.58. The number of amides is 1. The molecule has 1 N–H and O–H groups in total. The second-order valence-electron chi connectivity index (χ2n) is 9.37. The van der Waals surface area contributed by atoms with Gasteiger partial charge in [0.25, 0.3) is 5.91 Å². The smallest absolute Gasteiger partial charge is 0.406 e. The zero-order chi connectivity index (χ0) is 29.0. The maximum atomic E-state index is 14.2. The summed E-state index contributed by atoms with van der Waals surface area (Å²) < 4.78 is 70.6. The number of benzene rings is 2. The van der Waals surface area contributed by atoms with Gasteiger partial charge in [0.05, 0.1) is 17.6 Å². The van der Waals surface area contributed by atoms with Crippen molar-refractivity contribution >= 4 is 17.6 Å². The molecule has 2 aromatic heterocycles. The summed E-state index contributed by atoms with van der Waals surface area (Å²) in [6, 6.07) is 11.1. The number of halogens is 5. The molecule has 0 atom stereocenters. The summed E-state index contributed by atoms with van der Waals surface area (Å²) in [6.45, 7) is 0.104. The zero-order valence-electron chi connectivity index (χ0n) is 21.5. The van der Waals surface area contributed by atoms with E-state index in [1.54, 1.807) is 18.2 Å². The number of aryl methyl sites for hydroxylation is 2. The highest BCUT2D eigenvalue weighted by Crippen LogP contribution is 2.31. The second kappa shape index (κ2) is 11.8. The van der Waals surface area contributed by atoms with E-state index in [0.29, 0.717) is 31.4 Å². The van der Waals surface area contributed by atoms with Gasteiger partial charge in [-0.05, 0) is 61.2 Å². The lowest BCUT2D eigenvalue weighted by Gasteiger charge is -2.11. The standard InChI is InChI=1S/C28H23F5N6O2/c29-23-9-8-21(41-28(31,32)33)13-19(23)15-34-27(40)26-16-39(38-37-26)10-4-3-5-20-12-18-11-17(14-25(18)36-35-20)22-6-1-2-7-24(22)30/h1-2,6-9,11-13,16H,3-5,10,14-15H2,(H,34,40). The Hall–Kier alpha value is -4.68. The SMILES string of the molecule is O=C(NCc1cc(OC(F)(F)F)ccc1F)c1cn(CCCCc2cc3c(nn2)CC(c2ccccc2F)=C3)nn1. The Morgan fingerprint density at radius 1 is 1.00 bits per heavy atom. The van der Waals surface area contributed by atoms with Crippen molar-refractivity contribution in [2.75, 3.05) is 0 Å². The highest BCUT2D eigenvalue weighted by molar-refractivity contribution is 5.91. The number of carbonyl (C=O) groups excluding carboxylic acids is 1. The van der Waals surface area contributed by atoms with Crippen molar-refractivity contribution in [1.29, 1.82) is 0 Å². The third kappa shape index (κ3) is 7.10. The highest BCUT2D eigenvalue weighted by atomic mass is 19.4. The minimum Gasteiger partial charge on any atom is -0.406 e. The summed E-state index contributed by atoms with van der Waals surface area (Å²) in [4.78, 5) is 12.4. The van der Waals surface area contributed by atoms with Crippen LogP contribution in [0.15, 0.2) is 54.7 Å². The van der Waals surface area contributed by atoms with E-state index in [1.807, 2.05) is 12.1 Å². The number of rotatable bonds is 10. The number of hydrogen-bond donors (Lipinski definition) is 1. The predicted molar refractivity (Wildman–Crippen MR) is 137 cm³/mol. The summed E-state index contributed by atoms with van der Waals surface area (Å²) >= 11 is 0. The van der Waals surface area contributed by atoms with Crippen molar-refractivity contribution in [1.82, 2.24) is 30.5 Å². The van der Waals surface area contributed by atoms with Crippen LogP contribution in [-0.2, 0) is 25.9 Å². The molecule has 0 radical (unpaired) electrons. The molecule has 8 nitrogen and oxygen atoms in total. The third-order valence-corrected chi connectivity index (χ3v) is 6.39. The number of alkyl halides is 3. The molecule has 0 unspecified atom stereocenters. The first kappa shape index (κ1) is 27.9. The molecule has 0 saturated heterocycles. The Labute approximate surface area is 230 Å². The van der Waals surface area contributed by atoms with Crippen LogP contribution in [0.3, 0.4) is 0 Å². The van der Waals surface area contributed by atoms with Gasteiger partial charge in [-0.25, -0.2) is 8.78 Å². The minimum atomic E-state index is -4.92. The largest absolute Gasteiger partial charge is 0.573 e. The van der Waals surface area contributed by atoms with Gasteiger partial charge in [-0.15, -0.1) is 18.3 Å². The van der Waals surface area contributed by atoms with Crippen LogP contribution in [0.2, 0.25) is 0 Å². The van der Waals surface area contributed by atoms with Crippen LogP contribution in [0.1, 0.15) is 51.4 Å². The van der Waals surface area contributed by atoms with Gasteiger partial charge in [-0.1, -0.05) is 23.4 Å². The molecule has 4 aromatic rings. The van der Waals surface area contributed by atoms with Crippen molar-refractivity contribution in [3.8, 4) is 5.75 Å². The maximum absolute atomic E-state index is 14.2. The van der Waals surface area contributed by atoms with Crippen molar-refractivity contribution in [2.24, 2.45) is 0 Å². The third-order valence-electron chi connectivity index (χ3n) is 6.39. The van der Waals surface area contributed by atoms with E-state index in [1.165, 1.54) is 16.9 Å². The average molecular weight is 571 g/mol. The van der Waals surface area contributed by atoms with Gasteiger partial charge in [-0.3, -0.25) is 9.48 Å². The zero-order valence-corrected chi connectivity index (χ0v) is 21.5. The van der Waals surface area contributed by atoms with Gasteiger partial charge in [0.15, 0.2) is 5.69 Å². The Balaban J connectivity index is 1.09. The first-order valence-electron chi connectivity index (χ1n) is 12.7. The fourth-order valence-corrected chi connectivity index (χ4v) is 4.41. The molecule has 0 fully saturated rings. The summed E-state index contributed by atoms with van der Waals surface area (Å²) in [5.41, 5.74) is 3.78. The topological polar surface area (TPSA) is 94.8 Å². The van der Waals surface area contributed by atoms with Gasteiger partial charge in [0.2, 0.25) is 0 Å². The number of allylic oxidation sites excluding steroid dienone is 1. The summed E-state index contributed by atoms with van der Waals surface area (Å²) in [6.07, 6.45) is 1.10. The summed E-state index contributed by atoms with van der Waals surface area (Å²) in [7, 11) is 0. The monoisotopic (exact) mass is 570 g/mol. The Kier molecular flexibility index (Phi) is 8.04. The number of hydrogen-bond acceptors (Lipinski definition) is 6. The molecule has 41 heavy (non-hydrogen) atoms. The Morgan fingerprint density at radius 2 is 1.83 bits per heavy atom. The Bertz CT molecular complexity index is 1600. The van der Waals surface area contributed by atoms with Gasteiger partial charge in [0.1, 0.15) is 17.4 Å². The van der Waals surface area contributed by atoms with E-state index < -0.39 is 23.8 Å². The van der Waals surface area contributed by atoms with Crippen LogP contribution in [0, 0.1) is 11.6 Å². The molecular formula is C28H23F5N6O2. The Morgan fingerprint density at radius 3 is 2.63 bits per heavy atom. The molecule has 0 spiro atoms.